The van der Waals surface area contributed by atoms with Crippen molar-refractivity contribution in [2.45, 2.75) is 135 Å². The molecule has 14 N–H and O–H groups in total. The van der Waals surface area contributed by atoms with Crippen molar-refractivity contribution in [1.82, 2.24) is 52.1 Å². The topological polar surface area (TPSA) is 358 Å². The summed E-state index contributed by atoms with van der Waals surface area (Å²) in [4.78, 5) is 121. The van der Waals surface area contributed by atoms with Crippen LogP contribution in [0.1, 0.15) is 84.9 Å². The first-order chi connectivity index (χ1) is 31.7. The predicted octanol–water partition coefficient (Wildman–Crippen LogP) is -1.73. The Bertz CT molecular complexity index is 2030. The van der Waals surface area contributed by atoms with Crippen molar-refractivity contribution in [2.24, 2.45) is 28.3 Å². The summed E-state index contributed by atoms with van der Waals surface area (Å²) in [6, 6.07) is -3.07. The molecule has 0 spiro atoms. The first kappa shape index (κ1) is 54.6. The van der Waals surface area contributed by atoms with E-state index in [9.17, 15) is 48.6 Å². The smallest absolute Gasteiger partial charge is 0.325 e. The molecule has 1 aromatic carbocycles. The highest BCUT2D eigenvalue weighted by atomic mass is 16.4. The molecule has 0 aliphatic carbocycles. The number of likely N-dealkylation sites (N-methyl/N-ethyl adjacent to an activating group) is 1. The Kier molecular flexibility index (Phi) is 21.5. The van der Waals surface area contributed by atoms with Gasteiger partial charge in [-0.2, -0.15) is 0 Å². The zero-order chi connectivity index (χ0) is 50.0. The molecule has 370 valence electrons. The summed E-state index contributed by atoms with van der Waals surface area (Å²) in [5, 5.41) is 38.3. The van der Waals surface area contributed by atoms with E-state index >= 15 is 0 Å². The molecule has 1 aromatic heterocycles. The lowest BCUT2D eigenvalue weighted by Gasteiger charge is -2.32. The van der Waals surface area contributed by atoms with Gasteiger partial charge >= 0.3 is 5.97 Å². The minimum absolute atomic E-state index is 0.0381. The van der Waals surface area contributed by atoms with Gasteiger partial charge in [0.05, 0.1) is 12.4 Å². The van der Waals surface area contributed by atoms with Gasteiger partial charge in [0.2, 0.25) is 41.4 Å². The largest absolute Gasteiger partial charge is 0.508 e. The molecule has 67 heavy (non-hydrogen) atoms. The van der Waals surface area contributed by atoms with Crippen molar-refractivity contribution in [2.75, 3.05) is 20.1 Å². The second kappa shape index (κ2) is 26.4. The molecular formula is C44H69N13O10. The van der Waals surface area contributed by atoms with Crippen LogP contribution in [0, 0.1) is 11.8 Å². The van der Waals surface area contributed by atoms with E-state index in [0.717, 1.165) is 0 Å². The van der Waals surface area contributed by atoms with Gasteiger partial charge in [-0.3, -0.25) is 43.3 Å². The number of carboxylic acids is 1. The number of carbonyl (C=O) groups excluding carboxylic acids is 7. The highest BCUT2D eigenvalue weighted by Gasteiger charge is 2.40. The van der Waals surface area contributed by atoms with Gasteiger partial charge in [0.15, 0.2) is 5.96 Å². The fourth-order valence-electron chi connectivity index (χ4n) is 7.24. The monoisotopic (exact) mass is 940 g/mol. The van der Waals surface area contributed by atoms with Gasteiger partial charge in [-0.15, -0.1) is 0 Å². The van der Waals surface area contributed by atoms with Crippen LogP contribution >= 0.6 is 0 Å². The first-order valence-electron chi connectivity index (χ1n) is 22.5. The number of guanidine groups is 1. The standard InChI is InChI=1S/C44H69N13O10/c1-8-24(4)35(41(64)54-32(20-28-21-48-22-50-28)42(65)57-18-10-12-33(57)39(62)51-26(6)43(66)67)56-38(61)31(19-27-13-15-29(58)16-14-27)53-40(63)34(23(2)3)55-37(60)30(11-9-17-49-44(45)46)52-36(59)25(5)47-7/h13-16,21-26,30-35,47,58H,8-12,17-20H2,1-7H3,(H,48,50)(H,51,62)(H,52,59)(H,53,63)(H,54,64)(H,55,60)(H,56,61)(H,66,67)(H4,45,46,49). The Morgan fingerprint density at radius 3 is 2.00 bits per heavy atom. The van der Waals surface area contributed by atoms with Crippen molar-refractivity contribution >= 4 is 53.3 Å². The van der Waals surface area contributed by atoms with E-state index < -0.39 is 107 Å². The number of hydrogen-bond acceptors (Lipinski definition) is 12. The van der Waals surface area contributed by atoms with Gasteiger partial charge in [-0.25, -0.2) is 4.98 Å². The van der Waals surface area contributed by atoms with Crippen molar-refractivity contribution in [3.05, 3.63) is 48.0 Å². The number of aliphatic imine (C=N–C) groups is 1. The van der Waals surface area contributed by atoms with Crippen LogP contribution in [0.15, 0.2) is 41.8 Å². The van der Waals surface area contributed by atoms with Crippen LogP contribution in [0.25, 0.3) is 0 Å². The van der Waals surface area contributed by atoms with Gasteiger partial charge in [-0.1, -0.05) is 46.2 Å². The number of carbonyl (C=O) groups is 8. The normalized spacial score (nSPS) is 17.0. The number of aromatic amines is 1. The number of aromatic hydroxyl groups is 1. The minimum atomic E-state index is -1.35. The summed E-state index contributed by atoms with van der Waals surface area (Å²) in [7, 11) is 1.59. The number of carboxylic acid groups (broad SMARTS) is 1. The molecule has 23 nitrogen and oxygen atoms in total. The van der Waals surface area contributed by atoms with Crippen LogP contribution in [0.5, 0.6) is 5.75 Å². The second-order valence-corrected chi connectivity index (χ2v) is 17.2. The fourth-order valence-corrected chi connectivity index (χ4v) is 7.24. The lowest BCUT2D eigenvalue weighted by atomic mass is 9.96. The van der Waals surface area contributed by atoms with Gasteiger partial charge in [0, 0.05) is 37.8 Å². The van der Waals surface area contributed by atoms with Crippen LogP contribution < -0.4 is 48.7 Å². The Labute approximate surface area is 390 Å². The number of nitrogens with zero attached hydrogens (tertiary/aromatic N) is 3. The van der Waals surface area contributed by atoms with Crippen LogP contribution in [0.3, 0.4) is 0 Å². The number of rotatable bonds is 26. The van der Waals surface area contributed by atoms with Crippen molar-refractivity contribution in [1.29, 1.82) is 0 Å². The molecule has 2 aromatic rings. The highest BCUT2D eigenvalue weighted by molar-refractivity contribution is 5.98. The quantitative estimate of drug-likeness (QED) is 0.0284. The molecule has 3 rings (SSSR count). The number of nitrogens with two attached hydrogens (primary N) is 2. The van der Waals surface area contributed by atoms with Crippen LogP contribution in [-0.2, 0) is 51.2 Å². The summed E-state index contributed by atoms with van der Waals surface area (Å²) in [6.07, 6.45) is 4.23. The number of phenolic OH excluding ortho intramolecular Hbond substituents is 1. The molecular weight excluding hydrogens is 871 g/mol. The summed E-state index contributed by atoms with van der Waals surface area (Å²) >= 11 is 0. The number of amides is 7. The third kappa shape index (κ3) is 16.9. The Hall–Kier alpha value is -6.78. The zero-order valence-electron chi connectivity index (χ0n) is 39.3. The SMILES string of the molecule is CCC(C)C(NC(=O)C(Cc1ccc(O)cc1)NC(=O)C(NC(=O)C(CCCN=C(N)N)NC(=O)C(C)NC)C(C)C)C(=O)NC(Cc1cnc[nH]1)C(=O)N1CCCC1C(=O)NC(C)C(=O)O. The summed E-state index contributed by atoms with van der Waals surface area (Å²) in [6.45, 7) is 10.2. The van der Waals surface area contributed by atoms with E-state index in [1.54, 1.807) is 53.8 Å². The third-order valence-electron chi connectivity index (χ3n) is 11.6. The minimum Gasteiger partial charge on any atom is -0.508 e. The number of benzene rings is 1. The molecule has 7 amide bonds. The number of imidazole rings is 1. The van der Waals surface area contributed by atoms with Gasteiger partial charge in [0.1, 0.15) is 48.0 Å². The number of likely N-dealkylation sites (tertiary alicyclic amines) is 1. The lowest BCUT2D eigenvalue weighted by molar-refractivity contribution is -0.144. The van der Waals surface area contributed by atoms with E-state index in [2.05, 4.69) is 52.2 Å². The number of phenols is 1. The number of nitrogens with one attached hydrogen (secondary N) is 8. The molecule has 0 radical (unpaired) electrons. The fraction of sp³-hybridized carbons (Fsp3) is 0.591. The van der Waals surface area contributed by atoms with E-state index in [4.69, 9.17) is 11.5 Å². The third-order valence-corrected chi connectivity index (χ3v) is 11.6. The average Bonchev–Trinajstić information content (AvgIpc) is 4.00. The average molecular weight is 940 g/mol. The number of aliphatic carboxylic acids is 1. The van der Waals surface area contributed by atoms with Crippen LogP contribution in [0.2, 0.25) is 0 Å². The maximum atomic E-state index is 14.5. The second-order valence-electron chi connectivity index (χ2n) is 17.2. The van der Waals surface area contributed by atoms with Crippen LogP contribution in [0.4, 0.5) is 0 Å². The van der Waals surface area contributed by atoms with E-state index in [0.29, 0.717) is 30.5 Å². The van der Waals surface area contributed by atoms with Crippen molar-refractivity contribution < 1.29 is 48.6 Å². The molecule has 1 saturated heterocycles. The van der Waals surface area contributed by atoms with Crippen molar-refractivity contribution in [3.63, 3.8) is 0 Å². The Balaban J connectivity index is 1.92. The van der Waals surface area contributed by atoms with E-state index in [1.807, 2.05) is 0 Å². The van der Waals surface area contributed by atoms with Gasteiger partial charge in [-0.05, 0) is 76.1 Å². The van der Waals surface area contributed by atoms with E-state index in [-0.39, 0.29) is 50.5 Å². The number of aromatic nitrogens is 2. The summed E-state index contributed by atoms with van der Waals surface area (Å²) in [5.41, 5.74) is 11.9. The summed E-state index contributed by atoms with van der Waals surface area (Å²) in [5.74, 6) is -7.11. The van der Waals surface area contributed by atoms with E-state index in [1.165, 1.54) is 36.5 Å². The maximum Gasteiger partial charge on any atom is 0.325 e. The molecule has 1 aliphatic heterocycles. The van der Waals surface area contributed by atoms with Gasteiger partial charge in [0.25, 0.3) is 0 Å². The number of hydrogen-bond donors (Lipinski definition) is 12. The number of H-pyrrole nitrogens is 1. The molecule has 9 unspecified atom stereocenters. The Morgan fingerprint density at radius 1 is 0.806 bits per heavy atom. The molecule has 1 aliphatic rings. The molecule has 0 saturated carbocycles. The zero-order valence-corrected chi connectivity index (χ0v) is 39.3. The highest BCUT2D eigenvalue weighted by Crippen LogP contribution is 2.21. The maximum absolute atomic E-state index is 14.5. The van der Waals surface area contributed by atoms with Crippen LogP contribution in [-0.4, -0.2) is 147 Å². The molecule has 9 atom stereocenters. The first-order valence-corrected chi connectivity index (χ1v) is 22.5. The lowest BCUT2D eigenvalue weighted by Crippen LogP contribution is -2.62. The molecule has 0 bridgehead atoms. The molecule has 23 heteroatoms. The molecule has 2 heterocycles. The predicted molar refractivity (Wildman–Crippen MR) is 246 cm³/mol. The summed E-state index contributed by atoms with van der Waals surface area (Å²) < 4.78 is 0. The molecule has 1 fully saturated rings. The van der Waals surface area contributed by atoms with Crippen molar-refractivity contribution in [3.8, 4) is 5.75 Å². The van der Waals surface area contributed by atoms with Gasteiger partial charge < -0.3 is 68.8 Å². The Morgan fingerprint density at radius 2 is 1.42 bits per heavy atom.